The Morgan fingerprint density at radius 3 is 2.52 bits per heavy atom. The van der Waals surface area contributed by atoms with Crippen molar-refractivity contribution >= 4 is 15.9 Å². The van der Waals surface area contributed by atoms with E-state index in [1.807, 2.05) is 30.3 Å². The van der Waals surface area contributed by atoms with Gasteiger partial charge in [-0.15, -0.1) is 0 Å². The largest absolute Gasteiger partial charge is 0.492 e. The molecular formula is C17H20N2O5S. The topological polar surface area (TPSA) is 84.9 Å². The first-order valence-electron chi connectivity index (χ1n) is 7.54. The number of hydrogen-bond donors (Lipinski definition) is 1. The third-order valence-electron chi connectivity index (χ3n) is 3.39. The van der Waals surface area contributed by atoms with Crippen LogP contribution in [0.5, 0.6) is 5.75 Å². The zero-order valence-electron chi connectivity index (χ0n) is 14.0. The first-order valence-corrected chi connectivity index (χ1v) is 8.98. The lowest BCUT2D eigenvalue weighted by Gasteiger charge is -2.14. The fraction of sp³-hybridized carbons (Fsp3) is 0.235. The molecule has 7 nitrogen and oxygen atoms in total. The van der Waals surface area contributed by atoms with Gasteiger partial charge >= 0.3 is 0 Å². The number of ether oxygens (including phenoxy) is 1. The Hall–Kier alpha value is -2.42. The van der Waals surface area contributed by atoms with Crippen LogP contribution < -0.4 is 10.1 Å². The van der Waals surface area contributed by atoms with Crippen molar-refractivity contribution in [1.29, 1.82) is 0 Å². The Balaban J connectivity index is 1.95. The molecule has 0 saturated heterocycles. The SMILES string of the molecule is CON(C)S(=O)(=O)c1cccc(C(=O)NCCOc2ccccc2)c1. The van der Waals surface area contributed by atoms with Gasteiger partial charge in [0.1, 0.15) is 12.4 Å². The summed E-state index contributed by atoms with van der Waals surface area (Å²) in [6.07, 6.45) is 0. The van der Waals surface area contributed by atoms with Crippen molar-refractivity contribution in [2.24, 2.45) is 0 Å². The molecule has 2 aromatic carbocycles. The van der Waals surface area contributed by atoms with Crippen molar-refractivity contribution in [3.8, 4) is 5.75 Å². The van der Waals surface area contributed by atoms with Gasteiger partial charge in [0, 0.05) is 12.6 Å². The van der Waals surface area contributed by atoms with E-state index in [0.29, 0.717) is 18.9 Å². The highest BCUT2D eigenvalue weighted by Gasteiger charge is 2.21. The number of amides is 1. The van der Waals surface area contributed by atoms with Gasteiger partial charge in [-0.1, -0.05) is 28.7 Å². The summed E-state index contributed by atoms with van der Waals surface area (Å²) >= 11 is 0. The van der Waals surface area contributed by atoms with E-state index < -0.39 is 10.0 Å². The molecule has 0 atom stereocenters. The van der Waals surface area contributed by atoms with Crippen molar-refractivity contribution in [2.45, 2.75) is 4.90 Å². The number of sulfonamides is 1. The molecule has 0 aliphatic rings. The van der Waals surface area contributed by atoms with E-state index in [4.69, 9.17) is 9.57 Å². The van der Waals surface area contributed by atoms with Crippen molar-refractivity contribution in [1.82, 2.24) is 9.79 Å². The van der Waals surface area contributed by atoms with E-state index in [1.54, 1.807) is 6.07 Å². The third-order valence-corrected chi connectivity index (χ3v) is 5.06. The Labute approximate surface area is 147 Å². The van der Waals surface area contributed by atoms with Gasteiger partial charge < -0.3 is 10.1 Å². The van der Waals surface area contributed by atoms with Gasteiger partial charge in [-0.2, -0.15) is 0 Å². The second-order valence-corrected chi connectivity index (χ2v) is 6.98. The monoisotopic (exact) mass is 364 g/mol. The molecule has 134 valence electrons. The minimum Gasteiger partial charge on any atom is -0.492 e. The maximum absolute atomic E-state index is 12.2. The van der Waals surface area contributed by atoms with Crippen LogP contribution in [0.15, 0.2) is 59.5 Å². The Bertz CT molecular complexity index is 809. The van der Waals surface area contributed by atoms with E-state index in [9.17, 15) is 13.2 Å². The molecule has 0 fully saturated rings. The number of hydroxylamine groups is 1. The van der Waals surface area contributed by atoms with Crippen molar-refractivity contribution in [2.75, 3.05) is 27.3 Å². The highest BCUT2D eigenvalue weighted by Crippen LogP contribution is 2.16. The summed E-state index contributed by atoms with van der Waals surface area (Å²) in [5.74, 6) is 0.334. The van der Waals surface area contributed by atoms with Crippen LogP contribution in [0.3, 0.4) is 0 Å². The van der Waals surface area contributed by atoms with Crippen LogP contribution in [0, 0.1) is 0 Å². The van der Waals surface area contributed by atoms with Crippen LogP contribution in [-0.4, -0.2) is 46.1 Å². The molecule has 0 saturated carbocycles. The van der Waals surface area contributed by atoms with E-state index in [1.165, 1.54) is 32.4 Å². The van der Waals surface area contributed by atoms with Crippen molar-refractivity contribution < 1.29 is 22.8 Å². The van der Waals surface area contributed by atoms with E-state index >= 15 is 0 Å². The fourth-order valence-corrected chi connectivity index (χ4v) is 3.02. The zero-order valence-corrected chi connectivity index (χ0v) is 14.8. The van der Waals surface area contributed by atoms with Gasteiger partial charge in [0.15, 0.2) is 0 Å². The van der Waals surface area contributed by atoms with Gasteiger partial charge in [0.05, 0.1) is 18.6 Å². The van der Waals surface area contributed by atoms with Crippen LogP contribution >= 0.6 is 0 Å². The average molecular weight is 364 g/mol. The molecule has 2 rings (SSSR count). The quantitative estimate of drug-likeness (QED) is 0.569. The standard InChI is InChI=1S/C17H20N2O5S/c1-19(23-2)25(21,22)16-10-6-7-14(13-16)17(20)18-11-12-24-15-8-4-3-5-9-15/h3-10,13H,11-12H2,1-2H3,(H,18,20). The summed E-state index contributed by atoms with van der Waals surface area (Å²) in [7, 11) is -1.27. The number of nitrogens with zero attached hydrogens (tertiary/aromatic N) is 1. The first-order chi connectivity index (χ1) is 11.9. The van der Waals surface area contributed by atoms with Gasteiger partial charge in [-0.25, -0.2) is 8.42 Å². The zero-order chi connectivity index (χ0) is 18.3. The summed E-state index contributed by atoms with van der Waals surface area (Å²) in [5.41, 5.74) is 0.241. The molecule has 8 heteroatoms. The molecule has 0 spiro atoms. The molecule has 0 unspecified atom stereocenters. The summed E-state index contributed by atoms with van der Waals surface area (Å²) in [6, 6.07) is 15.0. The lowest BCUT2D eigenvalue weighted by molar-refractivity contribution is -0.0258. The van der Waals surface area contributed by atoms with Gasteiger partial charge in [-0.3, -0.25) is 9.63 Å². The smallest absolute Gasteiger partial charge is 0.264 e. The lowest BCUT2D eigenvalue weighted by atomic mass is 10.2. The normalized spacial score (nSPS) is 11.3. The molecule has 0 radical (unpaired) electrons. The summed E-state index contributed by atoms with van der Waals surface area (Å²) in [5, 5.41) is 2.69. The first kappa shape index (κ1) is 18.9. The average Bonchev–Trinajstić information content (AvgIpc) is 2.65. The van der Waals surface area contributed by atoms with Gasteiger partial charge in [0.25, 0.3) is 15.9 Å². The molecule has 25 heavy (non-hydrogen) atoms. The van der Waals surface area contributed by atoms with Crippen LogP contribution in [-0.2, 0) is 14.9 Å². The second kappa shape index (κ2) is 8.61. The number of hydrogen-bond acceptors (Lipinski definition) is 5. The molecular weight excluding hydrogens is 344 g/mol. The predicted molar refractivity (Wildman–Crippen MR) is 92.7 cm³/mol. The number of para-hydroxylation sites is 1. The summed E-state index contributed by atoms with van der Waals surface area (Å²) in [6.45, 7) is 0.600. The molecule has 0 aliphatic carbocycles. The molecule has 0 bridgehead atoms. The van der Waals surface area contributed by atoms with E-state index in [2.05, 4.69) is 5.32 Å². The third kappa shape index (κ3) is 5.02. The molecule has 1 N–H and O–H groups in total. The molecule has 0 aromatic heterocycles. The predicted octanol–water partition coefficient (Wildman–Crippen LogP) is 1.68. The second-order valence-electron chi connectivity index (χ2n) is 5.04. The molecule has 2 aromatic rings. The van der Waals surface area contributed by atoms with Crippen molar-refractivity contribution in [3.05, 3.63) is 60.2 Å². The van der Waals surface area contributed by atoms with Crippen LogP contribution in [0.1, 0.15) is 10.4 Å². The van der Waals surface area contributed by atoms with Crippen LogP contribution in [0.25, 0.3) is 0 Å². The van der Waals surface area contributed by atoms with Gasteiger partial charge in [-0.05, 0) is 30.3 Å². The summed E-state index contributed by atoms with van der Waals surface area (Å²) < 4.78 is 30.6. The number of nitrogens with one attached hydrogen (secondary N) is 1. The maximum atomic E-state index is 12.2. The maximum Gasteiger partial charge on any atom is 0.264 e. The molecule has 0 aliphatic heterocycles. The Morgan fingerprint density at radius 2 is 1.84 bits per heavy atom. The van der Waals surface area contributed by atoms with Gasteiger partial charge in [0.2, 0.25) is 0 Å². The summed E-state index contributed by atoms with van der Waals surface area (Å²) in [4.78, 5) is 16.9. The number of carbonyl (C=O) groups excluding carboxylic acids is 1. The van der Waals surface area contributed by atoms with E-state index in [-0.39, 0.29) is 16.4 Å². The lowest BCUT2D eigenvalue weighted by Crippen LogP contribution is -2.29. The number of carbonyl (C=O) groups is 1. The minimum atomic E-state index is -3.80. The van der Waals surface area contributed by atoms with Crippen LogP contribution in [0.2, 0.25) is 0 Å². The van der Waals surface area contributed by atoms with E-state index in [0.717, 1.165) is 4.47 Å². The minimum absolute atomic E-state index is 0.0231. The number of benzene rings is 2. The number of rotatable bonds is 8. The molecule has 0 heterocycles. The Morgan fingerprint density at radius 1 is 1.12 bits per heavy atom. The van der Waals surface area contributed by atoms with Crippen LogP contribution in [0.4, 0.5) is 0 Å². The fourth-order valence-electron chi connectivity index (χ4n) is 2.00. The molecule has 1 amide bonds. The Kier molecular flexibility index (Phi) is 6.51. The van der Waals surface area contributed by atoms with Crippen molar-refractivity contribution in [3.63, 3.8) is 0 Å². The highest BCUT2D eigenvalue weighted by molar-refractivity contribution is 7.89. The highest BCUT2D eigenvalue weighted by atomic mass is 32.2.